The average molecular weight is 195 g/mol. The van der Waals surface area contributed by atoms with E-state index >= 15 is 0 Å². The molecule has 1 aliphatic rings. The summed E-state index contributed by atoms with van der Waals surface area (Å²) in [5, 5.41) is 3.03. The Morgan fingerprint density at radius 1 is 1.38 bits per heavy atom. The topological polar surface area (TPSA) is 12.0 Å². The Morgan fingerprint density at radius 3 is 2.23 bits per heavy atom. The molecule has 1 saturated carbocycles. The minimum atomic E-state index is -4.05. The predicted octanol–water partition coefficient (Wildman–Crippen LogP) is 2.86. The van der Waals surface area contributed by atoms with Gasteiger partial charge in [-0.05, 0) is 33.1 Å². The van der Waals surface area contributed by atoms with Gasteiger partial charge in [-0.15, -0.1) is 0 Å². The van der Waals surface area contributed by atoms with E-state index in [0.29, 0.717) is 0 Å². The first kappa shape index (κ1) is 10.8. The van der Waals surface area contributed by atoms with Gasteiger partial charge in [0, 0.05) is 11.6 Å². The second-order valence-corrected chi connectivity index (χ2v) is 4.28. The van der Waals surface area contributed by atoms with E-state index < -0.39 is 18.6 Å². The summed E-state index contributed by atoms with van der Waals surface area (Å²) < 4.78 is 35.9. The van der Waals surface area contributed by atoms with Crippen molar-refractivity contribution in [2.45, 2.75) is 57.3 Å². The van der Waals surface area contributed by atoms with Crippen molar-refractivity contribution in [3.8, 4) is 0 Å². The summed E-state index contributed by atoms with van der Waals surface area (Å²) >= 11 is 0. The molecule has 4 heteroatoms. The van der Waals surface area contributed by atoms with Crippen LogP contribution in [-0.2, 0) is 0 Å². The zero-order valence-electron chi connectivity index (χ0n) is 8.04. The van der Waals surface area contributed by atoms with Crippen molar-refractivity contribution in [1.82, 2.24) is 5.32 Å². The maximum Gasteiger partial charge on any atom is 0.390 e. The third-order valence-electron chi connectivity index (χ3n) is 2.59. The van der Waals surface area contributed by atoms with Gasteiger partial charge in [0.25, 0.3) is 0 Å². The first-order valence-corrected chi connectivity index (χ1v) is 4.65. The highest BCUT2D eigenvalue weighted by Crippen LogP contribution is 2.32. The highest BCUT2D eigenvalue weighted by molar-refractivity contribution is 4.93. The molecule has 0 aromatic rings. The molecule has 1 unspecified atom stereocenters. The number of hydrogen-bond acceptors (Lipinski definition) is 1. The Morgan fingerprint density at radius 2 is 1.92 bits per heavy atom. The summed E-state index contributed by atoms with van der Waals surface area (Å²) in [6.07, 6.45) is -1.66. The molecular weight excluding hydrogens is 179 g/mol. The van der Waals surface area contributed by atoms with Gasteiger partial charge in [-0.25, -0.2) is 0 Å². The van der Waals surface area contributed by atoms with Crippen LogP contribution in [0.5, 0.6) is 0 Å². The van der Waals surface area contributed by atoms with E-state index in [1.165, 1.54) is 0 Å². The van der Waals surface area contributed by atoms with E-state index in [1.54, 1.807) is 6.92 Å². The Labute approximate surface area is 76.7 Å². The lowest BCUT2D eigenvalue weighted by molar-refractivity contribution is -0.140. The van der Waals surface area contributed by atoms with Crippen molar-refractivity contribution in [2.75, 3.05) is 0 Å². The monoisotopic (exact) mass is 195 g/mol. The molecule has 1 atom stereocenters. The Kier molecular flexibility index (Phi) is 2.90. The van der Waals surface area contributed by atoms with Crippen LogP contribution in [0.4, 0.5) is 13.2 Å². The van der Waals surface area contributed by atoms with Gasteiger partial charge in [0.1, 0.15) is 0 Å². The zero-order chi connectivity index (χ0) is 10.1. The van der Waals surface area contributed by atoms with Crippen molar-refractivity contribution in [3.05, 3.63) is 0 Å². The summed E-state index contributed by atoms with van der Waals surface area (Å²) in [5.74, 6) is 0. The van der Waals surface area contributed by atoms with Crippen LogP contribution in [0.1, 0.15) is 39.5 Å². The van der Waals surface area contributed by atoms with E-state index in [-0.39, 0.29) is 5.54 Å². The molecule has 0 saturated heterocycles. The molecule has 1 nitrogen and oxygen atoms in total. The second kappa shape index (κ2) is 3.48. The van der Waals surface area contributed by atoms with Crippen LogP contribution in [0.15, 0.2) is 0 Å². The molecule has 1 N–H and O–H groups in total. The van der Waals surface area contributed by atoms with Crippen LogP contribution < -0.4 is 5.32 Å². The van der Waals surface area contributed by atoms with Crippen LogP contribution in [0.2, 0.25) is 0 Å². The van der Waals surface area contributed by atoms with Gasteiger partial charge in [0.2, 0.25) is 0 Å². The first-order valence-electron chi connectivity index (χ1n) is 4.65. The van der Waals surface area contributed by atoms with E-state index in [0.717, 1.165) is 19.3 Å². The predicted molar refractivity (Wildman–Crippen MR) is 45.5 cm³/mol. The standard InChI is InChI=1S/C9H16F3N/c1-7(6-9(10,11)12)13-8(2)4-3-5-8/h7,13H,3-6H2,1-2H3. The Balaban J connectivity index is 2.28. The quantitative estimate of drug-likeness (QED) is 0.730. The molecule has 1 aliphatic carbocycles. The van der Waals surface area contributed by atoms with Gasteiger partial charge in [-0.2, -0.15) is 13.2 Å². The fourth-order valence-electron chi connectivity index (χ4n) is 1.84. The van der Waals surface area contributed by atoms with Crippen molar-refractivity contribution in [1.29, 1.82) is 0 Å². The zero-order valence-corrected chi connectivity index (χ0v) is 8.04. The van der Waals surface area contributed by atoms with Gasteiger partial charge in [0.05, 0.1) is 6.42 Å². The Hall–Kier alpha value is -0.250. The minimum absolute atomic E-state index is 0.0370. The van der Waals surface area contributed by atoms with Crippen molar-refractivity contribution >= 4 is 0 Å². The second-order valence-electron chi connectivity index (χ2n) is 4.28. The molecule has 0 aliphatic heterocycles. The van der Waals surface area contributed by atoms with Crippen molar-refractivity contribution in [2.24, 2.45) is 0 Å². The molecular formula is C9H16F3N. The van der Waals surface area contributed by atoms with Crippen molar-refractivity contribution in [3.63, 3.8) is 0 Å². The molecule has 0 radical (unpaired) electrons. The summed E-state index contributed by atoms with van der Waals surface area (Å²) in [6.45, 7) is 3.58. The smallest absolute Gasteiger partial charge is 0.309 e. The van der Waals surface area contributed by atoms with E-state index in [2.05, 4.69) is 5.32 Å². The number of alkyl halides is 3. The van der Waals surface area contributed by atoms with E-state index in [1.807, 2.05) is 6.92 Å². The lowest BCUT2D eigenvalue weighted by Crippen LogP contribution is -2.52. The number of nitrogens with one attached hydrogen (secondary N) is 1. The third kappa shape index (κ3) is 3.55. The van der Waals surface area contributed by atoms with Crippen LogP contribution >= 0.6 is 0 Å². The number of halogens is 3. The van der Waals surface area contributed by atoms with Gasteiger partial charge in [0.15, 0.2) is 0 Å². The molecule has 0 heterocycles. The molecule has 0 aromatic carbocycles. The molecule has 13 heavy (non-hydrogen) atoms. The van der Waals surface area contributed by atoms with Crippen LogP contribution in [0, 0.1) is 0 Å². The maximum absolute atomic E-state index is 12.0. The van der Waals surface area contributed by atoms with Crippen molar-refractivity contribution < 1.29 is 13.2 Å². The highest BCUT2D eigenvalue weighted by atomic mass is 19.4. The van der Waals surface area contributed by atoms with Gasteiger partial charge >= 0.3 is 6.18 Å². The summed E-state index contributed by atoms with van der Waals surface area (Å²) in [4.78, 5) is 0. The fourth-order valence-corrected chi connectivity index (χ4v) is 1.84. The van der Waals surface area contributed by atoms with Gasteiger partial charge in [-0.1, -0.05) is 0 Å². The van der Waals surface area contributed by atoms with Gasteiger partial charge in [-0.3, -0.25) is 0 Å². The van der Waals surface area contributed by atoms with Crippen LogP contribution in [-0.4, -0.2) is 17.8 Å². The molecule has 78 valence electrons. The Bertz CT molecular complexity index is 172. The summed E-state index contributed by atoms with van der Waals surface area (Å²) in [5.41, 5.74) is -0.0370. The molecule has 0 aromatic heterocycles. The SMILES string of the molecule is CC(CC(F)(F)F)NC1(C)CCC1. The third-order valence-corrected chi connectivity index (χ3v) is 2.59. The van der Waals surface area contributed by atoms with Crippen LogP contribution in [0.25, 0.3) is 0 Å². The van der Waals surface area contributed by atoms with E-state index in [4.69, 9.17) is 0 Å². The highest BCUT2D eigenvalue weighted by Gasteiger charge is 2.36. The lowest BCUT2D eigenvalue weighted by Gasteiger charge is -2.41. The van der Waals surface area contributed by atoms with Crippen LogP contribution in [0.3, 0.4) is 0 Å². The minimum Gasteiger partial charge on any atom is -0.309 e. The normalized spacial score (nSPS) is 23.8. The summed E-state index contributed by atoms with van der Waals surface area (Å²) in [6, 6.07) is -0.467. The largest absolute Gasteiger partial charge is 0.390 e. The fraction of sp³-hybridized carbons (Fsp3) is 1.00. The molecule has 1 fully saturated rings. The molecule has 0 amide bonds. The molecule has 0 bridgehead atoms. The first-order chi connectivity index (χ1) is 5.81. The lowest BCUT2D eigenvalue weighted by atomic mass is 9.78. The number of hydrogen-bond donors (Lipinski definition) is 1. The summed E-state index contributed by atoms with van der Waals surface area (Å²) in [7, 11) is 0. The molecule has 1 rings (SSSR count). The average Bonchev–Trinajstić information content (AvgIpc) is 1.79. The molecule has 0 spiro atoms. The maximum atomic E-state index is 12.0. The van der Waals surface area contributed by atoms with Gasteiger partial charge < -0.3 is 5.32 Å². The van der Waals surface area contributed by atoms with E-state index in [9.17, 15) is 13.2 Å². The number of rotatable bonds is 3.